The zero-order chi connectivity index (χ0) is 16.2. The van der Waals surface area contributed by atoms with Gasteiger partial charge in [-0.15, -0.1) is 0 Å². The maximum absolute atomic E-state index is 12.4. The van der Waals surface area contributed by atoms with Crippen LogP contribution in [0.4, 0.5) is 0 Å². The van der Waals surface area contributed by atoms with Crippen LogP contribution < -0.4 is 15.5 Å². The van der Waals surface area contributed by atoms with Gasteiger partial charge in [-0.3, -0.25) is 9.59 Å². The second kappa shape index (κ2) is 6.31. The number of carbonyl (C=O) groups excluding carboxylic acids is 1. The van der Waals surface area contributed by atoms with Gasteiger partial charge in [-0.2, -0.15) is 0 Å². The van der Waals surface area contributed by atoms with E-state index in [0.29, 0.717) is 16.8 Å². The number of methoxy groups -OCH3 is 1. The Hall–Kier alpha value is -3.15. The number of pyridine rings is 2. The van der Waals surface area contributed by atoms with E-state index in [4.69, 9.17) is 4.74 Å². The van der Waals surface area contributed by atoms with Crippen molar-refractivity contribution in [1.82, 2.24) is 15.3 Å². The summed E-state index contributed by atoms with van der Waals surface area (Å²) in [6.45, 7) is 0.280. The highest BCUT2D eigenvalue weighted by Crippen LogP contribution is 2.08. The molecule has 1 aromatic carbocycles. The Morgan fingerprint density at radius 2 is 2.09 bits per heavy atom. The van der Waals surface area contributed by atoms with Crippen molar-refractivity contribution in [2.45, 2.75) is 6.54 Å². The van der Waals surface area contributed by atoms with Gasteiger partial charge in [-0.25, -0.2) is 4.98 Å². The van der Waals surface area contributed by atoms with Gasteiger partial charge >= 0.3 is 0 Å². The molecule has 3 aromatic rings. The van der Waals surface area contributed by atoms with Gasteiger partial charge in [-0.1, -0.05) is 18.2 Å². The van der Waals surface area contributed by atoms with Crippen LogP contribution >= 0.6 is 0 Å². The first-order chi connectivity index (χ1) is 11.2. The highest BCUT2D eigenvalue weighted by atomic mass is 16.5. The van der Waals surface area contributed by atoms with Crippen molar-refractivity contribution in [2.24, 2.45) is 0 Å². The molecule has 0 saturated heterocycles. The third kappa shape index (κ3) is 3.06. The zero-order valence-corrected chi connectivity index (χ0v) is 12.5. The predicted octanol–water partition coefficient (Wildman–Crippen LogP) is 1.86. The van der Waals surface area contributed by atoms with Crippen molar-refractivity contribution < 1.29 is 9.53 Å². The van der Waals surface area contributed by atoms with Crippen LogP contribution in [0.25, 0.3) is 10.9 Å². The van der Waals surface area contributed by atoms with E-state index in [0.717, 1.165) is 5.56 Å². The number of nitrogens with zero attached hydrogens (tertiary/aromatic N) is 1. The predicted molar refractivity (Wildman–Crippen MR) is 86.5 cm³/mol. The van der Waals surface area contributed by atoms with Crippen LogP contribution in [0.3, 0.4) is 0 Å². The molecule has 0 atom stereocenters. The van der Waals surface area contributed by atoms with E-state index >= 15 is 0 Å². The molecule has 2 heterocycles. The molecule has 0 aliphatic heterocycles. The van der Waals surface area contributed by atoms with Gasteiger partial charge in [0, 0.05) is 35.9 Å². The van der Waals surface area contributed by atoms with Gasteiger partial charge in [0.25, 0.3) is 5.91 Å². The molecule has 2 N–H and O–H groups in total. The highest BCUT2D eigenvalue weighted by Gasteiger charge is 2.12. The molecule has 116 valence electrons. The van der Waals surface area contributed by atoms with E-state index in [2.05, 4.69) is 15.3 Å². The molecule has 0 aliphatic rings. The largest absolute Gasteiger partial charge is 0.481 e. The number of ether oxygens (including phenoxy) is 1. The molecule has 0 fully saturated rings. The van der Waals surface area contributed by atoms with E-state index in [-0.39, 0.29) is 17.5 Å². The smallest absolute Gasteiger partial charge is 0.257 e. The summed E-state index contributed by atoms with van der Waals surface area (Å²) in [6, 6.07) is 10.6. The van der Waals surface area contributed by atoms with Crippen LogP contribution in [-0.4, -0.2) is 23.0 Å². The number of rotatable bonds is 4. The Bertz CT molecular complexity index is 901. The Kier molecular flexibility index (Phi) is 4.05. The average molecular weight is 309 g/mol. The van der Waals surface area contributed by atoms with Crippen molar-refractivity contribution in [2.75, 3.05) is 7.11 Å². The molecule has 0 radical (unpaired) electrons. The Labute approximate surface area is 132 Å². The number of carbonyl (C=O) groups is 1. The van der Waals surface area contributed by atoms with E-state index < -0.39 is 5.91 Å². The summed E-state index contributed by atoms with van der Waals surface area (Å²) >= 11 is 0. The molecule has 2 aromatic heterocycles. The van der Waals surface area contributed by atoms with Gasteiger partial charge in [0.2, 0.25) is 11.3 Å². The SMILES string of the molecule is COc1ccc(CNC(=O)c2c[nH]c3ccccc3c2=O)cn1. The van der Waals surface area contributed by atoms with E-state index in [1.54, 1.807) is 36.5 Å². The standard InChI is InChI=1S/C17H15N3O3/c1-23-15-7-6-11(8-19-15)9-20-17(22)13-10-18-14-5-3-2-4-12(14)16(13)21/h2-8,10H,9H2,1H3,(H,18,21)(H,20,22). The Morgan fingerprint density at radius 1 is 1.26 bits per heavy atom. The second-order valence-corrected chi connectivity index (χ2v) is 4.97. The second-order valence-electron chi connectivity index (χ2n) is 4.97. The van der Waals surface area contributed by atoms with Crippen LogP contribution in [0.2, 0.25) is 0 Å². The van der Waals surface area contributed by atoms with E-state index in [9.17, 15) is 9.59 Å². The van der Waals surface area contributed by atoms with Gasteiger partial charge in [0.15, 0.2) is 0 Å². The molecule has 6 nitrogen and oxygen atoms in total. The fourth-order valence-corrected chi connectivity index (χ4v) is 2.25. The van der Waals surface area contributed by atoms with Crippen LogP contribution in [0, 0.1) is 0 Å². The number of H-pyrrole nitrogens is 1. The molecule has 0 unspecified atom stereocenters. The van der Waals surface area contributed by atoms with Crippen molar-refractivity contribution in [3.05, 3.63) is 70.1 Å². The molecule has 3 rings (SSSR count). The van der Waals surface area contributed by atoms with Gasteiger partial charge in [0.05, 0.1) is 7.11 Å². The first-order valence-electron chi connectivity index (χ1n) is 7.06. The van der Waals surface area contributed by atoms with Crippen molar-refractivity contribution in [3.63, 3.8) is 0 Å². The number of amides is 1. The molecular weight excluding hydrogens is 294 g/mol. The molecule has 23 heavy (non-hydrogen) atoms. The van der Waals surface area contributed by atoms with Crippen LogP contribution in [-0.2, 0) is 6.54 Å². The lowest BCUT2D eigenvalue weighted by Gasteiger charge is -2.06. The number of hydrogen-bond acceptors (Lipinski definition) is 4. The lowest BCUT2D eigenvalue weighted by atomic mass is 10.1. The fraction of sp³-hybridized carbons (Fsp3) is 0.118. The Balaban J connectivity index is 1.78. The molecule has 0 spiro atoms. The summed E-state index contributed by atoms with van der Waals surface area (Å²) in [4.78, 5) is 31.6. The number of benzene rings is 1. The quantitative estimate of drug-likeness (QED) is 0.770. The monoisotopic (exact) mass is 309 g/mol. The van der Waals surface area contributed by atoms with Crippen LogP contribution in [0.5, 0.6) is 5.88 Å². The van der Waals surface area contributed by atoms with Gasteiger partial charge < -0.3 is 15.0 Å². The summed E-state index contributed by atoms with van der Waals surface area (Å²) in [6.07, 6.45) is 3.05. The van der Waals surface area contributed by atoms with Crippen molar-refractivity contribution >= 4 is 16.8 Å². The first kappa shape index (κ1) is 14.8. The minimum absolute atomic E-state index is 0.0881. The topological polar surface area (TPSA) is 84.1 Å². The average Bonchev–Trinajstić information content (AvgIpc) is 2.60. The van der Waals surface area contributed by atoms with Crippen LogP contribution in [0.1, 0.15) is 15.9 Å². The maximum atomic E-state index is 12.4. The van der Waals surface area contributed by atoms with Gasteiger partial charge in [-0.05, 0) is 17.7 Å². The van der Waals surface area contributed by atoms with Crippen molar-refractivity contribution in [3.8, 4) is 5.88 Å². The minimum Gasteiger partial charge on any atom is -0.481 e. The van der Waals surface area contributed by atoms with Crippen LogP contribution in [0.15, 0.2) is 53.6 Å². The molecular formula is C17H15N3O3. The third-order valence-corrected chi connectivity index (χ3v) is 3.49. The first-order valence-corrected chi connectivity index (χ1v) is 7.06. The number of nitrogens with one attached hydrogen (secondary N) is 2. The summed E-state index contributed by atoms with van der Waals surface area (Å²) in [7, 11) is 1.54. The molecule has 1 amide bonds. The Morgan fingerprint density at radius 3 is 2.83 bits per heavy atom. The molecule has 6 heteroatoms. The summed E-state index contributed by atoms with van der Waals surface area (Å²) < 4.78 is 4.98. The summed E-state index contributed by atoms with van der Waals surface area (Å²) in [5, 5.41) is 3.21. The highest BCUT2D eigenvalue weighted by molar-refractivity contribution is 5.97. The maximum Gasteiger partial charge on any atom is 0.257 e. The number of hydrogen-bond donors (Lipinski definition) is 2. The summed E-state index contributed by atoms with van der Waals surface area (Å²) in [5.74, 6) is 0.0823. The fourth-order valence-electron chi connectivity index (χ4n) is 2.25. The van der Waals surface area contributed by atoms with Gasteiger partial charge in [0.1, 0.15) is 5.56 Å². The lowest BCUT2D eigenvalue weighted by Crippen LogP contribution is -2.28. The molecule has 0 aliphatic carbocycles. The van der Waals surface area contributed by atoms with E-state index in [1.807, 2.05) is 6.07 Å². The molecule has 0 saturated carbocycles. The number of aromatic nitrogens is 2. The lowest BCUT2D eigenvalue weighted by molar-refractivity contribution is 0.0949. The molecule has 0 bridgehead atoms. The number of fused-ring (bicyclic) bond motifs is 1. The van der Waals surface area contributed by atoms with E-state index in [1.165, 1.54) is 13.3 Å². The normalized spacial score (nSPS) is 10.5. The number of aromatic amines is 1. The zero-order valence-electron chi connectivity index (χ0n) is 12.5. The number of para-hydroxylation sites is 1. The summed E-state index contributed by atoms with van der Waals surface area (Å²) in [5.41, 5.74) is 1.32. The third-order valence-electron chi connectivity index (χ3n) is 3.49. The van der Waals surface area contributed by atoms with Crippen molar-refractivity contribution in [1.29, 1.82) is 0 Å². The minimum atomic E-state index is -0.423.